The third-order valence-corrected chi connectivity index (χ3v) is 4.23. The maximum atomic E-state index is 6.08. The van der Waals surface area contributed by atoms with Crippen molar-refractivity contribution in [3.8, 4) is 0 Å². The molecule has 0 N–H and O–H groups in total. The molecule has 3 heterocycles. The number of hydrogen-bond acceptors (Lipinski definition) is 6. The van der Waals surface area contributed by atoms with E-state index in [0.717, 1.165) is 12.8 Å². The first-order chi connectivity index (χ1) is 10.3. The smallest absolute Gasteiger partial charge is 0.190 e. The summed E-state index contributed by atoms with van der Waals surface area (Å²) in [6.45, 7) is 10.9. The van der Waals surface area contributed by atoms with Gasteiger partial charge >= 0.3 is 0 Å². The number of fused-ring (bicyclic) bond motifs is 1. The highest BCUT2D eigenvalue weighted by atomic mass is 16.8. The number of hydrogen-bond donors (Lipinski definition) is 0. The molecule has 0 saturated carbocycles. The fourth-order valence-corrected chi connectivity index (χ4v) is 3.23. The largest absolute Gasteiger partial charge is 0.372 e. The topological polar surface area (TPSA) is 55.4 Å². The standard InChI is InChI=1S/C16H28O6/c1-6-7-8-17-12-11(10-9-18-15(2,3)20-10)19-14-13(12)21-16(4,5)22-14/h10-14H,6-9H2,1-5H3/t10-,11-,12-,13-,14-/m1/s1. The van der Waals surface area contributed by atoms with E-state index >= 15 is 0 Å². The molecule has 3 aliphatic rings. The van der Waals surface area contributed by atoms with Crippen LogP contribution >= 0.6 is 0 Å². The van der Waals surface area contributed by atoms with Gasteiger partial charge in [0.05, 0.1) is 6.61 Å². The molecule has 0 aromatic carbocycles. The van der Waals surface area contributed by atoms with Crippen LogP contribution in [-0.4, -0.2) is 55.5 Å². The molecule has 0 unspecified atom stereocenters. The van der Waals surface area contributed by atoms with Crippen molar-refractivity contribution in [1.82, 2.24) is 0 Å². The van der Waals surface area contributed by atoms with Gasteiger partial charge in [-0.2, -0.15) is 0 Å². The van der Waals surface area contributed by atoms with Crippen molar-refractivity contribution in [2.45, 2.75) is 89.7 Å². The molecule has 0 radical (unpaired) electrons. The Hall–Kier alpha value is -0.240. The van der Waals surface area contributed by atoms with Crippen molar-refractivity contribution in [3.63, 3.8) is 0 Å². The van der Waals surface area contributed by atoms with Crippen molar-refractivity contribution >= 4 is 0 Å². The van der Waals surface area contributed by atoms with Crippen LogP contribution in [0.4, 0.5) is 0 Å². The highest BCUT2D eigenvalue weighted by molar-refractivity contribution is 4.98. The van der Waals surface area contributed by atoms with E-state index in [-0.39, 0.29) is 24.4 Å². The summed E-state index contributed by atoms with van der Waals surface area (Å²) in [5, 5.41) is 0. The third-order valence-electron chi connectivity index (χ3n) is 4.23. The van der Waals surface area contributed by atoms with E-state index in [1.807, 2.05) is 27.7 Å². The Morgan fingerprint density at radius 3 is 2.41 bits per heavy atom. The van der Waals surface area contributed by atoms with Gasteiger partial charge < -0.3 is 28.4 Å². The maximum Gasteiger partial charge on any atom is 0.190 e. The lowest BCUT2D eigenvalue weighted by Crippen LogP contribution is -2.44. The number of unbranched alkanes of at least 4 members (excludes halogenated alkanes) is 1. The highest BCUT2D eigenvalue weighted by Crippen LogP contribution is 2.41. The molecule has 128 valence electrons. The quantitative estimate of drug-likeness (QED) is 0.725. The van der Waals surface area contributed by atoms with Crippen molar-refractivity contribution in [1.29, 1.82) is 0 Å². The van der Waals surface area contributed by atoms with E-state index in [9.17, 15) is 0 Å². The molecule has 6 nitrogen and oxygen atoms in total. The molecule has 3 aliphatic heterocycles. The average molecular weight is 316 g/mol. The predicted octanol–water partition coefficient (Wildman–Crippen LogP) is 2.20. The Bertz CT molecular complexity index is 396. The molecule has 0 aliphatic carbocycles. The average Bonchev–Trinajstić information content (AvgIpc) is 3.01. The van der Waals surface area contributed by atoms with Gasteiger partial charge in [-0.25, -0.2) is 0 Å². The molecule has 0 bridgehead atoms. The van der Waals surface area contributed by atoms with Crippen molar-refractivity contribution < 1.29 is 28.4 Å². The summed E-state index contributed by atoms with van der Waals surface area (Å²) in [5.41, 5.74) is 0. The van der Waals surface area contributed by atoms with Crippen LogP contribution in [0.3, 0.4) is 0 Å². The first kappa shape index (κ1) is 16.6. The van der Waals surface area contributed by atoms with Gasteiger partial charge in [0.15, 0.2) is 17.9 Å². The third kappa shape index (κ3) is 3.32. The summed E-state index contributed by atoms with van der Waals surface area (Å²) < 4.78 is 35.6. The lowest BCUT2D eigenvalue weighted by molar-refractivity contribution is -0.236. The van der Waals surface area contributed by atoms with Crippen LogP contribution in [0.2, 0.25) is 0 Å². The van der Waals surface area contributed by atoms with Gasteiger partial charge in [-0.1, -0.05) is 13.3 Å². The zero-order chi connectivity index (χ0) is 16.0. The van der Waals surface area contributed by atoms with E-state index in [2.05, 4.69) is 6.92 Å². The van der Waals surface area contributed by atoms with Crippen molar-refractivity contribution in [2.75, 3.05) is 13.2 Å². The number of ether oxygens (including phenoxy) is 6. The Balaban J connectivity index is 1.69. The second kappa shape index (κ2) is 6.00. The van der Waals surface area contributed by atoms with E-state index in [4.69, 9.17) is 28.4 Å². The fraction of sp³-hybridized carbons (Fsp3) is 1.00. The Morgan fingerprint density at radius 2 is 1.77 bits per heavy atom. The first-order valence-corrected chi connectivity index (χ1v) is 8.26. The first-order valence-electron chi connectivity index (χ1n) is 8.26. The van der Waals surface area contributed by atoms with Gasteiger partial charge in [0.1, 0.15) is 24.4 Å². The predicted molar refractivity (Wildman–Crippen MR) is 78.3 cm³/mol. The molecule has 6 heteroatoms. The van der Waals surface area contributed by atoms with E-state index in [0.29, 0.717) is 13.2 Å². The number of rotatable bonds is 5. The lowest BCUT2D eigenvalue weighted by Gasteiger charge is -2.29. The highest BCUT2D eigenvalue weighted by Gasteiger charge is 2.58. The Kier molecular flexibility index (Phi) is 4.53. The molecule has 0 amide bonds. The molecule has 3 saturated heterocycles. The molecular formula is C16H28O6. The molecule has 3 rings (SSSR count). The summed E-state index contributed by atoms with van der Waals surface area (Å²) in [6.07, 6.45) is 0.889. The van der Waals surface area contributed by atoms with Gasteiger partial charge in [0.25, 0.3) is 0 Å². The van der Waals surface area contributed by atoms with Gasteiger partial charge in [-0.15, -0.1) is 0 Å². The molecule has 0 aromatic rings. The molecule has 3 fully saturated rings. The van der Waals surface area contributed by atoms with Gasteiger partial charge in [0, 0.05) is 6.61 Å². The molecule has 22 heavy (non-hydrogen) atoms. The van der Waals surface area contributed by atoms with Crippen LogP contribution in [-0.2, 0) is 28.4 Å². The lowest BCUT2D eigenvalue weighted by atomic mass is 10.1. The maximum absolute atomic E-state index is 6.08. The van der Waals surface area contributed by atoms with Crippen LogP contribution in [0, 0.1) is 0 Å². The van der Waals surface area contributed by atoms with Crippen LogP contribution in [0.5, 0.6) is 0 Å². The monoisotopic (exact) mass is 316 g/mol. The van der Waals surface area contributed by atoms with Gasteiger partial charge in [-0.3, -0.25) is 0 Å². The summed E-state index contributed by atoms with van der Waals surface area (Å²) in [4.78, 5) is 0. The van der Waals surface area contributed by atoms with Crippen LogP contribution in [0.25, 0.3) is 0 Å². The van der Waals surface area contributed by atoms with Crippen LogP contribution in [0.1, 0.15) is 47.5 Å². The van der Waals surface area contributed by atoms with Crippen LogP contribution < -0.4 is 0 Å². The summed E-state index contributed by atoms with van der Waals surface area (Å²) in [6, 6.07) is 0. The van der Waals surface area contributed by atoms with Gasteiger partial charge in [0.2, 0.25) is 0 Å². The van der Waals surface area contributed by atoms with E-state index < -0.39 is 17.9 Å². The minimum Gasteiger partial charge on any atom is -0.372 e. The van der Waals surface area contributed by atoms with Crippen molar-refractivity contribution in [3.05, 3.63) is 0 Å². The van der Waals surface area contributed by atoms with Crippen LogP contribution in [0.15, 0.2) is 0 Å². The zero-order valence-corrected chi connectivity index (χ0v) is 14.2. The Labute approximate surface area is 132 Å². The minimum atomic E-state index is -0.640. The van der Waals surface area contributed by atoms with Crippen molar-refractivity contribution in [2.24, 2.45) is 0 Å². The van der Waals surface area contributed by atoms with E-state index in [1.165, 1.54) is 0 Å². The van der Waals surface area contributed by atoms with E-state index in [1.54, 1.807) is 0 Å². The summed E-state index contributed by atoms with van der Waals surface area (Å²) in [5.74, 6) is -1.22. The second-order valence-corrected chi connectivity index (χ2v) is 7.13. The molecular weight excluding hydrogens is 288 g/mol. The fourth-order valence-electron chi connectivity index (χ4n) is 3.23. The Morgan fingerprint density at radius 1 is 1.00 bits per heavy atom. The summed E-state index contributed by atoms with van der Waals surface area (Å²) in [7, 11) is 0. The zero-order valence-electron chi connectivity index (χ0n) is 14.2. The minimum absolute atomic E-state index is 0.164. The SMILES string of the molecule is CCCCO[C@H]1[C@H]2OC(C)(C)O[C@H]2O[C@@H]1[C@H]1COC(C)(C)O1. The second-order valence-electron chi connectivity index (χ2n) is 7.13. The molecule has 0 spiro atoms. The normalized spacial score (nSPS) is 42.7. The summed E-state index contributed by atoms with van der Waals surface area (Å²) >= 11 is 0. The molecule has 5 atom stereocenters. The van der Waals surface area contributed by atoms with Gasteiger partial charge in [-0.05, 0) is 34.1 Å². The molecule has 0 aromatic heterocycles.